The maximum atomic E-state index is 13.6. The highest BCUT2D eigenvalue weighted by Gasteiger charge is 2.43. The van der Waals surface area contributed by atoms with Crippen molar-refractivity contribution in [3.63, 3.8) is 0 Å². The van der Waals surface area contributed by atoms with E-state index in [4.69, 9.17) is 34.2 Å². The predicted molar refractivity (Wildman–Crippen MR) is 229 cm³/mol. The Morgan fingerprint density at radius 1 is 0.902 bits per heavy atom. The lowest BCUT2D eigenvalue weighted by Crippen LogP contribution is -2.23. The monoisotopic (exact) mass is 974 g/mol. The van der Waals surface area contributed by atoms with Crippen molar-refractivity contribution in [2.24, 2.45) is 0 Å². The standard InChI is InChI=1S/C31H23BrO2S.C12H4Cl2F6N4OS/c32-24-15-13-20(14-16-24)19-9-11-21(12-10-19)23-17-22-5-1-2-6-25(22)27(18-23)29-30(33)26-7-3-4-8-28(26)35-31(29)34;13-5-1-4(11(15,16)17)2-6(14)8(5)24-10(22)9(7(3-21)23-24)26(25)12(18,19)20/h1-16,23,27,34H,17-18H2;1-2H,22H2. The molecule has 0 fully saturated rings. The van der Waals surface area contributed by atoms with Crippen molar-refractivity contribution >= 4 is 77.2 Å². The van der Waals surface area contributed by atoms with Gasteiger partial charge in [-0.1, -0.05) is 123 Å². The minimum Gasteiger partial charge on any atom is -0.499 e. The van der Waals surface area contributed by atoms with E-state index in [0.717, 1.165) is 27.6 Å². The quantitative estimate of drug-likeness (QED) is 0.166. The Labute approximate surface area is 368 Å². The van der Waals surface area contributed by atoms with E-state index in [1.54, 1.807) is 0 Å². The SMILES string of the molecule is N#Cc1nn(-c2c(Cl)cc(C(F)(F)F)cc2Cl)c(N)c1S(=O)C(F)(F)F.O=c1c(C2CC(c3ccc(-c4ccc(Br)cc4)cc3)Cc3ccccc32)c(O)sc2ccccc12. The molecule has 0 radical (unpaired) electrons. The van der Waals surface area contributed by atoms with Crippen molar-refractivity contribution in [1.82, 2.24) is 9.78 Å². The first kappa shape index (κ1) is 43.9. The molecule has 3 N–H and O–H groups in total. The number of aromatic hydroxyl groups is 1. The first-order valence-corrected chi connectivity index (χ1v) is 21.4. The second-order valence-electron chi connectivity index (χ2n) is 13.8. The summed E-state index contributed by atoms with van der Waals surface area (Å²) in [7, 11) is -3.71. The van der Waals surface area contributed by atoms with Crippen molar-refractivity contribution in [3.05, 3.63) is 167 Å². The van der Waals surface area contributed by atoms with E-state index in [9.17, 15) is 40.5 Å². The molecule has 0 aliphatic heterocycles. The Hall–Kier alpha value is -5.18. The number of nitrogens with two attached hydrogens (primary N) is 1. The maximum absolute atomic E-state index is 13.6. The fourth-order valence-corrected chi connectivity index (χ4v) is 9.93. The molecule has 3 unspecified atom stereocenters. The topological polar surface area (TPSA) is 122 Å². The van der Waals surface area contributed by atoms with E-state index in [-0.39, 0.29) is 22.3 Å². The Bertz CT molecular complexity index is 2910. The number of fused-ring (bicyclic) bond motifs is 2. The summed E-state index contributed by atoms with van der Waals surface area (Å²) in [6.07, 6.45) is -3.07. The third kappa shape index (κ3) is 8.94. The Morgan fingerprint density at radius 3 is 2.10 bits per heavy atom. The molecule has 2 heterocycles. The summed E-state index contributed by atoms with van der Waals surface area (Å²) in [5.41, 5.74) is 4.11. The fourth-order valence-electron chi connectivity index (χ4n) is 7.28. The number of anilines is 1. The van der Waals surface area contributed by atoms with Crippen molar-refractivity contribution in [3.8, 4) is 27.9 Å². The first-order valence-electron chi connectivity index (χ1n) is 17.9. The number of halogens is 9. The molecule has 0 bridgehead atoms. The highest BCUT2D eigenvalue weighted by molar-refractivity contribution is 9.10. The molecule has 1 aliphatic carbocycles. The van der Waals surface area contributed by atoms with Gasteiger partial charge in [0.2, 0.25) is 0 Å². The molecule has 1 aliphatic rings. The van der Waals surface area contributed by atoms with Gasteiger partial charge in [0.15, 0.2) is 27.0 Å². The van der Waals surface area contributed by atoms with Crippen molar-refractivity contribution in [2.75, 3.05) is 5.73 Å². The zero-order valence-electron chi connectivity index (χ0n) is 30.9. The minimum atomic E-state index is -5.25. The van der Waals surface area contributed by atoms with Crippen molar-refractivity contribution in [2.45, 2.75) is 41.3 Å². The van der Waals surface area contributed by atoms with Crippen LogP contribution in [0.15, 0.2) is 123 Å². The van der Waals surface area contributed by atoms with E-state index in [1.165, 1.54) is 39.7 Å². The summed E-state index contributed by atoms with van der Waals surface area (Å²) < 4.78 is 90.2. The summed E-state index contributed by atoms with van der Waals surface area (Å²) in [6, 6.07) is 35.3. The Kier molecular flexibility index (Phi) is 12.4. The predicted octanol–water partition coefficient (Wildman–Crippen LogP) is 12.5. The number of hydrogen-bond acceptors (Lipinski definition) is 7. The molecule has 3 atom stereocenters. The fraction of sp³-hybridized carbons (Fsp3) is 0.140. The second kappa shape index (κ2) is 17.3. The number of nitrogens with zero attached hydrogens (tertiary/aromatic N) is 3. The van der Waals surface area contributed by atoms with Gasteiger partial charge in [0, 0.05) is 20.5 Å². The van der Waals surface area contributed by atoms with Gasteiger partial charge in [-0.3, -0.25) is 4.79 Å². The highest BCUT2D eigenvalue weighted by atomic mass is 79.9. The summed E-state index contributed by atoms with van der Waals surface area (Å²) >= 11 is 16.3. The third-order valence-electron chi connectivity index (χ3n) is 10.1. The molecule has 0 saturated carbocycles. The largest absolute Gasteiger partial charge is 0.499 e. The van der Waals surface area contributed by atoms with Crippen LogP contribution in [0.3, 0.4) is 0 Å². The van der Waals surface area contributed by atoms with E-state index in [2.05, 4.69) is 87.8 Å². The number of alkyl halides is 6. The van der Waals surface area contributed by atoms with E-state index >= 15 is 0 Å². The first-order chi connectivity index (χ1) is 28.9. The molecule has 7 nitrogen and oxygen atoms in total. The highest BCUT2D eigenvalue weighted by Crippen LogP contribution is 2.46. The molecular weight excluding hydrogens is 949 g/mol. The van der Waals surface area contributed by atoms with Gasteiger partial charge in [-0.2, -0.15) is 36.7 Å². The molecule has 0 saturated heterocycles. The van der Waals surface area contributed by atoms with Gasteiger partial charge in [-0.15, -0.1) is 0 Å². The summed E-state index contributed by atoms with van der Waals surface area (Å²) in [5, 5.41) is 22.9. The molecule has 312 valence electrons. The lowest BCUT2D eigenvalue weighted by atomic mass is 9.72. The lowest BCUT2D eigenvalue weighted by Gasteiger charge is -2.32. The number of aromatic nitrogens is 2. The van der Waals surface area contributed by atoms with Gasteiger partial charge in [0.05, 0.1) is 21.2 Å². The number of hydrogen-bond donors (Lipinski definition) is 2. The van der Waals surface area contributed by atoms with Gasteiger partial charge in [-0.05, 0) is 83.0 Å². The van der Waals surface area contributed by atoms with Crippen LogP contribution in [-0.4, -0.2) is 24.6 Å². The molecule has 8 rings (SSSR count). The molecule has 0 spiro atoms. The minimum absolute atomic E-state index is 0.0529. The summed E-state index contributed by atoms with van der Waals surface area (Å²) in [5.74, 6) is -0.769. The summed E-state index contributed by atoms with van der Waals surface area (Å²) in [6.45, 7) is 0. The maximum Gasteiger partial charge on any atom is 0.476 e. The van der Waals surface area contributed by atoms with Crippen LogP contribution in [0.25, 0.3) is 26.9 Å². The number of nitriles is 1. The zero-order valence-corrected chi connectivity index (χ0v) is 35.6. The summed E-state index contributed by atoms with van der Waals surface area (Å²) in [4.78, 5) is 12.4. The lowest BCUT2D eigenvalue weighted by molar-refractivity contribution is -0.137. The van der Waals surface area contributed by atoms with E-state index in [1.807, 2.05) is 30.3 Å². The average Bonchev–Trinajstić information content (AvgIpc) is 3.55. The van der Waals surface area contributed by atoms with E-state index in [0.29, 0.717) is 27.8 Å². The van der Waals surface area contributed by atoms with Gasteiger partial charge in [0.25, 0.3) is 0 Å². The number of rotatable bonds is 5. The number of nitrogen functional groups attached to an aromatic ring is 1. The Morgan fingerprint density at radius 2 is 1.49 bits per heavy atom. The van der Waals surface area contributed by atoms with Gasteiger partial charge in [-0.25, -0.2) is 8.89 Å². The second-order valence-corrected chi connectivity index (χ2v) is 17.9. The van der Waals surface area contributed by atoms with Crippen molar-refractivity contribution < 1.29 is 35.7 Å². The molecule has 7 aromatic rings. The van der Waals surface area contributed by atoms with Crippen LogP contribution in [0.1, 0.15) is 51.8 Å². The van der Waals surface area contributed by atoms with Crippen LogP contribution >= 0.6 is 50.5 Å². The molecule has 18 heteroatoms. The normalized spacial score (nSPS) is 15.7. The molecule has 0 amide bonds. The van der Waals surface area contributed by atoms with Crippen LogP contribution in [0.2, 0.25) is 10.0 Å². The zero-order chi connectivity index (χ0) is 44.0. The molecule has 61 heavy (non-hydrogen) atoms. The molecule has 2 aromatic heterocycles. The van der Waals surface area contributed by atoms with Crippen LogP contribution in [0.5, 0.6) is 5.06 Å². The van der Waals surface area contributed by atoms with E-state index < -0.39 is 60.2 Å². The van der Waals surface area contributed by atoms with Crippen LogP contribution in [0, 0.1) is 11.3 Å². The van der Waals surface area contributed by atoms with Gasteiger partial charge < -0.3 is 10.8 Å². The number of benzene rings is 5. The molecular formula is C43H27BrCl2F6N4O3S2. The van der Waals surface area contributed by atoms with Crippen LogP contribution < -0.4 is 11.2 Å². The van der Waals surface area contributed by atoms with Gasteiger partial charge >= 0.3 is 11.7 Å². The Balaban J connectivity index is 0.000000193. The van der Waals surface area contributed by atoms with Gasteiger partial charge in [0.1, 0.15) is 22.5 Å². The van der Waals surface area contributed by atoms with Crippen molar-refractivity contribution in [1.29, 1.82) is 5.26 Å². The van der Waals surface area contributed by atoms with Crippen LogP contribution in [-0.2, 0) is 23.4 Å². The van der Waals surface area contributed by atoms with Crippen LogP contribution in [0.4, 0.5) is 32.2 Å². The average molecular weight is 977 g/mol. The smallest absolute Gasteiger partial charge is 0.476 e. The molecule has 5 aromatic carbocycles. The third-order valence-corrected chi connectivity index (χ3v) is 13.4.